The largest absolute Gasteiger partial charge is 0.337 e. The summed E-state index contributed by atoms with van der Waals surface area (Å²) in [7, 11) is -3.69. The van der Waals surface area contributed by atoms with Crippen molar-refractivity contribution in [3.05, 3.63) is 48.6 Å². The van der Waals surface area contributed by atoms with Crippen LogP contribution in [0, 0.1) is 5.92 Å². The maximum atomic E-state index is 13.4. The normalized spacial score (nSPS) is 24.8. The Balaban J connectivity index is 1.52. The maximum absolute atomic E-state index is 13.4. The second-order valence-corrected chi connectivity index (χ2v) is 9.20. The fourth-order valence-corrected chi connectivity index (χ4v) is 6.26. The minimum atomic E-state index is -3.69. The molecular weight excluding hydrogens is 378 g/mol. The molecule has 146 valence electrons. The lowest BCUT2D eigenvalue weighted by Crippen LogP contribution is -2.40. The van der Waals surface area contributed by atoms with E-state index in [-0.39, 0.29) is 16.9 Å². The van der Waals surface area contributed by atoms with Gasteiger partial charge in [-0.15, -0.1) is 0 Å². The second-order valence-electron chi connectivity index (χ2n) is 7.36. The third-order valence-corrected chi connectivity index (χ3v) is 7.65. The number of sulfonamides is 1. The average molecular weight is 399 g/mol. The summed E-state index contributed by atoms with van der Waals surface area (Å²) < 4.78 is 35.6. The second kappa shape index (κ2) is 6.52. The minimum Gasteiger partial charge on any atom is -0.337 e. The third-order valence-electron chi connectivity index (χ3n) is 5.76. The van der Waals surface area contributed by atoms with Gasteiger partial charge in [-0.1, -0.05) is 35.5 Å². The highest BCUT2D eigenvalue weighted by atomic mass is 32.2. The highest BCUT2D eigenvalue weighted by molar-refractivity contribution is 7.89. The molecule has 1 aliphatic heterocycles. The molecule has 1 aliphatic carbocycles. The van der Waals surface area contributed by atoms with Gasteiger partial charge in [0, 0.05) is 24.3 Å². The van der Waals surface area contributed by atoms with Crippen LogP contribution in [0.15, 0.2) is 52.1 Å². The molecule has 2 fully saturated rings. The van der Waals surface area contributed by atoms with Crippen LogP contribution in [0.3, 0.4) is 0 Å². The Hall–Kier alpha value is -2.52. The first-order valence-electron chi connectivity index (χ1n) is 9.53. The van der Waals surface area contributed by atoms with Gasteiger partial charge < -0.3 is 4.52 Å². The van der Waals surface area contributed by atoms with Crippen molar-refractivity contribution in [2.45, 2.75) is 49.7 Å². The van der Waals surface area contributed by atoms with Crippen LogP contribution in [0.25, 0.3) is 11.4 Å². The molecular formula is C19H21N5O3S. The van der Waals surface area contributed by atoms with Crippen molar-refractivity contribution in [1.29, 1.82) is 0 Å². The zero-order valence-corrected chi connectivity index (χ0v) is 16.3. The van der Waals surface area contributed by atoms with Crippen molar-refractivity contribution in [2.24, 2.45) is 5.92 Å². The Bertz CT molecular complexity index is 1090. The van der Waals surface area contributed by atoms with E-state index >= 15 is 0 Å². The van der Waals surface area contributed by atoms with E-state index in [0.717, 1.165) is 24.8 Å². The van der Waals surface area contributed by atoms with E-state index in [9.17, 15) is 8.42 Å². The number of nitrogens with zero attached hydrogens (tertiary/aromatic N) is 5. The first-order valence-corrected chi connectivity index (χ1v) is 11.0. The Labute approximate surface area is 163 Å². The lowest BCUT2D eigenvalue weighted by molar-refractivity contribution is 0.197. The molecule has 0 amide bonds. The summed E-state index contributed by atoms with van der Waals surface area (Å²) in [5.74, 6) is 1.05. The fourth-order valence-electron chi connectivity index (χ4n) is 4.43. The molecule has 2 bridgehead atoms. The quantitative estimate of drug-likeness (QED) is 0.655. The van der Waals surface area contributed by atoms with Gasteiger partial charge in [0.25, 0.3) is 0 Å². The van der Waals surface area contributed by atoms with Gasteiger partial charge in [-0.2, -0.15) is 14.4 Å². The van der Waals surface area contributed by atoms with Crippen molar-refractivity contribution < 1.29 is 12.9 Å². The molecule has 2 aromatic heterocycles. The van der Waals surface area contributed by atoms with Crippen molar-refractivity contribution in [3.8, 4) is 11.4 Å². The summed E-state index contributed by atoms with van der Waals surface area (Å²) in [6.07, 6.45) is 5.67. The van der Waals surface area contributed by atoms with Crippen molar-refractivity contribution in [1.82, 2.24) is 24.2 Å². The van der Waals surface area contributed by atoms with E-state index in [2.05, 4.69) is 15.2 Å². The zero-order valence-electron chi connectivity index (χ0n) is 15.5. The van der Waals surface area contributed by atoms with E-state index in [1.807, 2.05) is 37.3 Å². The number of fused-ring (bicyclic) bond motifs is 2. The molecule has 0 spiro atoms. The molecule has 28 heavy (non-hydrogen) atoms. The van der Waals surface area contributed by atoms with Gasteiger partial charge >= 0.3 is 0 Å². The molecule has 0 radical (unpaired) electrons. The highest BCUT2D eigenvalue weighted by Gasteiger charge is 2.54. The highest BCUT2D eigenvalue weighted by Crippen LogP contribution is 2.52. The van der Waals surface area contributed by atoms with Gasteiger partial charge in [-0.25, -0.2) is 8.42 Å². The Kier molecular flexibility index (Phi) is 4.09. The molecule has 1 saturated heterocycles. The smallest absolute Gasteiger partial charge is 0.247 e. The number of piperidine rings is 1. The molecule has 1 aromatic carbocycles. The predicted octanol–water partition coefficient (Wildman–Crippen LogP) is 2.87. The van der Waals surface area contributed by atoms with Gasteiger partial charge in [0.1, 0.15) is 10.9 Å². The first kappa shape index (κ1) is 17.6. The number of aromatic nitrogens is 4. The molecule has 3 aromatic rings. The molecule has 8 nitrogen and oxygen atoms in total. The zero-order chi connectivity index (χ0) is 19.3. The standard InChI is InChI=1S/C19H21N5O3S/c1-2-23-12-16(11-20-23)28(25,26)24-15-9-8-14(10-15)17(24)19-21-18(22-27-19)13-6-4-3-5-7-13/h3-7,11-12,14-15,17H,2,8-10H2,1H3/t14-,15+,17-/m0/s1. The van der Waals surface area contributed by atoms with Crippen LogP contribution in [-0.2, 0) is 16.6 Å². The van der Waals surface area contributed by atoms with E-state index in [0.29, 0.717) is 18.3 Å². The Morgan fingerprint density at radius 1 is 1.21 bits per heavy atom. The summed E-state index contributed by atoms with van der Waals surface area (Å²) in [5.41, 5.74) is 0.847. The molecule has 9 heteroatoms. The van der Waals surface area contributed by atoms with E-state index < -0.39 is 16.1 Å². The molecule has 0 unspecified atom stereocenters. The van der Waals surface area contributed by atoms with Crippen LogP contribution in [-0.4, -0.2) is 38.7 Å². The van der Waals surface area contributed by atoms with Crippen LogP contribution >= 0.6 is 0 Å². The maximum Gasteiger partial charge on any atom is 0.247 e. The van der Waals surface area contributed by atoms with Gasteiger partial charge in [0.2, 0.25) is 21.7 Å². The van der Waals surface area contributed by atoms with Gasteiger partial charge in [0.15, 0.2) is 0 Å². The predicted molar refractivity (Wildman–Crippen MR) is 101 cm³/mol. The third kappa shape index (κ3) is 2.68. The fraction of sp³-hybridized carbons (Fsp3) is 0.421. The lowest BCUT2D eigenvalue weighted by Gasteiger charge is -2.31. The number of hydrogen-bond donors (Lipinski definition) is 0. The topological polar surface area (TPSA) is 94.1 Å². The van der Waals surface area contributed by atoms with Crippen molar-refractivity contribution >= 4 is 10.0 Å². The molecule has 3 atom stereocenters. The Morgan fingerprint density at radius 2 is 2.04 bits per heavy atom. The summed E-state index contributed by atoms with van der Waals surface area (Å²) in [5, 5.41) is 8.23. The Morgan fingerprint density at radius 3 is 2.79 bits per heavy atom. The van der Waals surface area contributed by atoms with Crippen LogP contribution in [0.1, 0.15) is 38.1 Å². The molecule has 3 heterocycles. The summed E-state index contributed by atoms with van der Waals surface area (Å²) >= 11 is 0. The number of aryl methyl sites for hydroxylation is 1. The lowest BCUT2D eigenvalue weighted by atomic mass is 10.00. The molecule has 5 rings (SSSR count). The van der Waals surface area contributed by atoms with Gasteiger partial charge in [-0.3, -0.25) is 4.68 Å². The number of benzene rings is 1. The van der Waals surface area contributed by atoms with E-state index in [4.69, 9.17) is 4.52 Å². The van der Waals surface area contributed by atoms with Crippen molar-refractivity contribution in [2.75, 3.05) is 0 Å². The average Bonchev–Trinajstić information content (AvgIpc) is 3.51. The monoisotopic (exact) mass is 399 g/mol. The van der Waals surface area contributed by atoms with Crippen LogP contribution in [0.4, 0.5) is 0 Å². The molecule has 0 N–H and O–H groups in total. The van der Waals surface area contributed by atoms with E-state index in [1.165, 1.54) is 6.20 Å². The van der Waals surface area contributed by atoms with Crippen LogP contribution in [0.5, 0.6) is 0 Å². The molecule has 1 saturated carbocycles. The summed E-state index contributed by atoms with van der Waals surface area (Å²) in [6.45, 7) is 2.54. The van der Waals surface area contributed by atoms with Gasteiger partial charge in [0.05, 0.1) is 6.20 Å². The summed E-state index contributed by atoms with van der Waals surface area (Å²) in [4.78, 5) is 4.77. The van der Waals surface area contributed by atoms with E-state index in [1.54, 1.807) is 15.2 Å². The summed E-state index contributed by atoms with van der Waals surface area (Å²) in [6, 6.07) is 9.10. The van der Waals surface area contributed by atoms with Crippen molar-refractivity contribution in [3.63, 3.8) is 0 Å². The SMILES string of the molecule is CCn1cc(S(=O)(=O)N2[C@@H]3CC[C@@H](C3)[C@H]2c2nc(-c3ccccc3)no2)cn1. The number of hydrogen-bond acceptors (Lipinski definition) is 6. The van der Waals surface area contributed by atoms with Crippen LogP contribution in [0.2, 0.25) is 0 Å². The van der Waals surface area contributed by atoms with Gasteiger partial charge in [-0.05, 0) is 32.1 Å². The first-order chi connectivity index (χ1) is 13.6. The van der Waals surface area contributed by atoms with Crippen LogP contribution < -0.4 is 0 Å². The number of rotatable bonds is 5. The minimum absolute atomic E-state index is 0.0305. The molecule has 2 aliphatic rings.